The van der Waals surface area contributed by atoms with Crippen molar-refractivity contribution in [1.29, 1.82) is 0 Å². The summed E-state index contributed by atoms with van der Waals surface area (Å²) in [4.78, 5) is 23.8. The molecule has 1 aromatic carbocycles. The van der Waals surface area contributed by atoms with Crippen LogP contribution in [0.25, 0.3) is 0 Å². The highest BCUT2D eigenvalue weighted by molar-refractivity contribution is 5.90. The summed E-state index contributed by atoms with van der Waals surface area (Å²) in [6.45, 7) is 9.80. The maximum atomic E-state index is 12.5. The summed E-state index contributed by atoms with van der Waals surface area (Å²) >= 11 is 0. The number of hydrogen-bond donors (Lipinski definition) is 2. The Morgan fingerprint density at radius 3 is 2.48 bits per heavy atom. The highest BCUT2D eigenvalue weighted by atomic mass is 16.5. The molecule has 0 saturated carbocycles. The number of carbonyl (C=O) groups excluding carboxylic acids is 2. The maximum absolute atomic E-state index is 12.5. The predicted octanol–water partition coefficient (Wildman–Crippen LogP) is 3.64. The number of benzene rings is 1. The van der Waals surface area contributed by atoms with Crippen LogP contribution in [0.3, 0.4) is 0 Å². The third-order valence-corrected chi connectivity index (χ3v) is 4.54. The first-order chi connectivity index (χ1) is 11.8. The van der Waals surface area contributed by atoms with Crippen LogP contribution in [0.5, 0.6) is 0 Å². The number of anilines is 2. The van der Waals surface area contributed by atoms with Crippen molar-refractivity contribution in [2.24, 2.45) is 11.3 Å². The van der Waals surface area contributed by atoms with Crippen molar-refractivity contribution in [2.45, 2.75) is 47.0 Å². The van der Waals surface area contributed by atoms with E-state index >= 15 is 0 Å². The van der Waals surface area contributed by atoms with Crippen LogP contribution in [0.2, 0.25) is 0 Å². The second kappa shape index (κ2) is 8.48. The van der Waals surface area contributed by atoms with Gasteiger partial charge in [0.2, 0.25) is 5.91 Å². The molecule has 0 aromatic heterocycles. The lowest BCUT2D eigenvalue weighted by Gasteiger charge is -2.24. The van der Waals surface area contributed by atoms with Gasteiger partial charge in [-0.15, -0.1) is 0 Å². The first-order valence-corrected chi connectivity index (χ1v) is 9.01. The fourth-order valence-electron chi connectivity index (χ4n) is 2.84. The van der Waals surface area contributed by atoms with Gasteiger partial charge in [-0.25, -0.2) is 0 Å². The molecular weight excluding hydrogens is 316 g/mol. The van der Waals surface area contributed by atoms with E-state index in [1.807, 2.05) is 39.0 Å². The van der Waals surface area contributed by atoms with Crippen molar-refractivity contribution in [3.8, 4) is 0 Å². The lowest BCUT2D eigenvalue weighted by Crippen LogP contribution is -2.24. The van der Waals surface area contributed by atoms with Crippen molar-refractivity contribution >= 4 is 23.1 Å². The van der Waals surface area contributed by atoms with Crippen molar-refractivity contribution in [3.63, 3.8) is 0 Å². The van der Waals surface area contributed by atoms with Gasteiger partial charge in [-0.05, 0) is 42.5 Å². The topological polar surface area (TPSA) is 67.4 Å². The van der Waals surface area contributed by atoms with Crippen molar-refractivity contribution < 1.29 is 14.3 Å². The smallest absolute Gasteiger partial charge is 0.221 e. The standard InChI is InChI=1S/C20H30N2O3/c1-14(23)22-17-5-6-18(21-13-15-7-9-25-10-8-15)16(11-17)12-19(24)20(2,3)4/h5-6,11,15,21H,7-10,12-13H2,1-4H3,(H,22,23). The Labute approximate surface area is 150 Å². The summed E-state index contributed by atoms with van der Waals surface area (Å²) < 4.78 is 5.41. The Balaban J connectivity index is 2.14. The summed E-state index contributed by atoms with van der Waals surface area (Å²) in [6.07, 6.45) is 2.48. The van der Waals surface area contributed by atoms with E-state index in [0.717, 1.165) is 49.5 Å². The maximum Gasteiger partial charge on any atom is 0.221 e. The minimum absolute atomic E-state index is 0.115. The molecule has 5 nitrogen and oxygen atoms in total. The first-order valence-electron chi connectivity index (χ1n) is 9.01. The molecule has 0 atom stereocenters. The fraction of sp³-hybridized carbons (Fsp3) is 0.600. The average molecular weight is 346 g/mol. The summed E-state index contributed by atoms with van der Waals surface area (Å²) in [5, 5.41) is 6.30. The van der Waals surface area contributed by atoms with Gasteiger partial charge < -0.3 is 15.4 Å². The van der Waals surface area contributed by atoms with E-state index in [-0.39, 0.29) is 17.1 Å². The van der Waals surface area contributed by atoms with Gasteiger partial charge in [0.1, 0.15) is 5.78 Å². The molecule has 1 heterocycles. The number of amides is 1. The molecule has 1 fully saturated rings. The second-order valence-corrected chi connectivity index (χ2v) is 7.84. The molecule has 0 unspecified atom stereocenters. The van der Waals surface area contributed by atoms with Crippen LogP contribution < -0.4 is 10.6 Å². The Hall–Kier alpha value is -1.88. The molecule has 2 N–H and O–H groups in total. The molecule has 0 aliphatic carbocycles. The van der Waals surface area contributed by atoms with Gasteiger partial charge in [-0.2, -0.15) is 0 Å². The number of Topliss-reactive ketones (excluding diaryl/α,β-unsaturated/α-hetero) is 1. The molecule has 0 bridgehead atoms. The zero-order valence-electron chi connectivity index (χ0n) is 15.8. The van der Waals surface area contributed by atoms with E-state index in [1.54, 1.807) is 0 Å². The van der Waals surface area contributed by atoms with Gasteiger partial charge in [0.15, 0.2) is 0 Å². The number of rotatable bonds is 6. The van der Waals surface area contributed by atoms with Crippen molar-refractivity contribution in [1.82, 2.24) is 0 Å². The van der Waals surface area contributed by atoms with Gasteiger partial charge in [0.05, 0.1) is 0 Å². The molecule has 1 aliphatic rings. The number of ketones is 1. The fourth-order valence-corrected chi connectivity index (χ4v) is 2.84. The van der Waals surface area contributed by atoms with Crippen LogP contribution in [0.15, 0.2) is 18.2 Å². The lowest BCUT2D eigenvalue weighted by molar-refractivity contribution is -0.125. The van der Waals surface area contributed by atoms with Gasteiger partial charge in [-0.3, -0.25) is 9.59 Å². The highest BCUT2D eigenvalue weighted by Crippen LogP contribution is 2.26. The van der Waals surface area contributed by atoms with Gasteiger partial charge >= 0.3 is 0 Å². The lowest BCUT2D eigenvalue weighted by atomic mass is 9.86. The van der Waals surface area contributed by atoms with Crippen molar-refractivity contribution in [2.75, 3.05) is 30.4 Å². The Morgan fingerprint density at radius 1 is 1.20 bits per heavy atom. The molecule has 0 radical (unpaired) electrons. The SMILES string of the molecule is CC(=O)Nc1ccc(NCC2CCOCC2)c(CC(=O)C(C)(C)C)c1. The van der Waals surface area contributed by atoms with E-state index in [2.05, 4.69) is 10.6 Å². The third-order valence-electron chi connectivity index (χ3n) is 4.54. The van der Waals surface area contributed by atoms with Gasteiger partial charge in [0.25, 0.3) is 0 Å². The van der Waals surface area contributed by atoms with Crippen LogP contribution >= 0.6 is 0 Å². The Bertz CT molecular complexity index is 614. The average Bonchev–Trinajstić information content (AvgIpc) is 2.53. The van der Waals surface area contributed by atoms with Crippen LogP contribution in [0.1, 0.15) is 46.1 Å². The number of carbonyl (C=O) groups is 2. The van der Waals surface area contributed by atoms with E-state index in [1.165, 1.54) is 6.92 Å². The molecule has 5 heteroatoms. The zero-order chi connectivity index (χ0) is 18.4. The normalized spacial score (nSPS) is 15.7. The molecule has 138 valence electrons. The first kappa shape index (κ1) is 19.4. The van der Waals surface area contributed by atoms with Crippen LogP contribution in [-0.4, -0.2) is 31.4 Å². The van der Waals surface area contributed by atoms with Crippen molar-refractivity contribution in [3.05, 3.63) is 23.8 Å². The van der Waals surface area contributed by atoms with E-state index in [9.17, 15) is 9.59 Å². The van der Waals surface area contributed by atoms with E-state index < -0.39 is 0 Å². The quantitative estimate of drug-likeness (QED) is 0.825. The highest BCUT2D eigenvalue weighted by Gasteiger charge is 2.23. The van der Waals surface area contributed by atoms with Crippen LogP contribution in [0, 0.1) is 11.3 Å². The number of ether oxygens (including phenoxy) is 1. The minimum Gasteiger partial charge on any atom is -0.385 e. The third kappa shape index (κ3) is 6.16. The molecule has 1 amide bonds. The molecule has 1 saturated heterocycles. The van der Waals surface area contributed by atoms with Crippen LogP contribution in [-0.2, 0) is 20.7 Å². The molecule has 2 rings (SSSR count). The van der Waals surface area contributed by atoms with E-state index in [4.69, 9.17) is 4.74 Å². The minimum atomic E-state index is -0.387. The summed E-state index contributed by atoms with van der Waals surface area (Å²) in [6, 6.07) is 5.73. The summed E-state index contributed by atoms with van der Waals surface area (Å²) in [7, 11) is 0. The molecule has 0 spiro atoms. The van der Waals surface area contributed by atoms with E-state index in [0.29, 0.717) is 12.3 Å². The number of nitrogens with one attached hydrogen (secondary N) is 2. The molecule has 1 aliphatic heterocycles. The summed E-state index contributed by atoms with van der Waals surface area (Å²) in [5.74, 6) is 0.660. The molecule has 1 aromatic rings. The number of hydrogen-bond acceptors (Lipinski definition) is 4. The largest absolute Gasteiger partial charge is 0.385 e. The van der Waals surface area contributed by atoms with Gasteiger partial charge in [-0.1, -0.05) is 20.8 Å². The zero-order valence-corrected chi connectivity index (χ0v) is 15.8. The summed E-state index contributed by atoms with van der Waals surface area (Å²) in [5.41, 5.74) is 2.24. The second-order valence-electron chi connectivity index (χ2n) is 7.84. The van der Waals surface area contributed by atoms with Gasteiger partial charge in [0, 0.05) is 49.9 Å². The van der Waals surface area contributed by atoms with Crippen LogP contribution in [0.4, 0.5) is 11.4 Å². The Kier molecular flexibility index (Phi) is 6.59. The molecule has 25 heavy (non-hydrogen) atoms. The monoisotopic (exact) mass is 346 g/mol. The predicted molar refractivity (Wildman–Crippen MR) is 101 cm³/mol. The molecular formula is C20H30N2O3. The Morgan fingerprint density at radius 2 is 1.88 bits per heavy atom.